The number of nitrogens with zero attached hydrogens (tertiary/aromatic N) is 1. The van der Waals surface area contributed by atoms with Crippen molar-refractivity contribution in [1.82, 2.24) is 5.32 Å². The fourth-order valence-corrected chi connectivity index (χ4v) is 0.793. The lowest BCUT2D eigenvalue weighted by molar-refractivity contribution is -0.122. The molecule has 0 aliphatic rings. The highest BCUT2D eigenvalue weighted by molar-refractivity contribution is 5.77. The third kappa shape index (κ3) is 5.72. The van der Waals surface area contributed by atoms with Crippen LogP contribution < -0.4 is 5.32 Å². The Labute approximate surface area is 73.8 Å². The van der Waals surface area contributed by atoms with Crippen molar-refractivity contribution in [3.63, 3.8) is 0 Å². The van der Waals surface area contributed by atoms with Crippen molar-refractivity contribution in [3.8, 4) is 6.07 Å². The largest absolute Gasteiger partial charge is 0.351 e. The molecule has 0 rings (SSSR count). The van der Waals surface area contributed by atoms with E-state index in [1.165, 1.54) is 0 Å². The molecule has 0 aliphatic heterocycles. The van der Waals surface area contributed by atoms with E-state index < -0.39 is 0 Å². The molecule has 0 bridgehead atoms. The van der Waals surface area contributed by atoms with Crippen molar-refractivity contribution in [2.45, 2.75) is 39.7 Å². The van der Waals surface area contributed by atoms with Gasteiger partial charge in [-0.3, -0.25) is 4.79 Å². The maximum absolute atomic E-state index is 11.2. The van der Waals surface area contributed by atoms with Crippen LogP contribution in [-0.2, 0) is 4.79 Å². The monoisotopic (exact) mass is 168 g/mol. The number of hydrogen-bond acceptors (Lipinski definition) is 2. The lowest BCUT2D eigenvalue weighted by Crippen LogP contribution is -2.41. The van der Waals surface area contributed by atoms with E-state index in [0.717, 1.165) is 0 Å². The van der Waals surface area contributed by atoms with Crippen LogP contribution >= 0.6 is 0 Å². The fraction of sp³-hybridized carbons (Fsp3) is 0.778. The van der Waals surface area contributed by atoms with Crippen LogP contribution in [0, 0.1) is 17.2 Å². The molecule has 0 aromatic heterocycles. The number of carbonyl (C=O) groups excluding carboxylic acids is 1. The lowest BCUT2D eigenvalue weighted by atomic mass is 10.1. The van der Waals surface area contributed by atoms with Crippen molar-refractivity contribution in [3.05, 3.63) is 0 Å². The van der Waals surface area contributed by atoms with Crippen molar-refractivity contribution >= 4 is 5.91 Å². The fourth-order valence-electron chi connectivity index (χ4n) is 0.793. The number of carbonyl (C=O) groups is 1. The van der Waals surface area contributed by atoms with E-state index in [4.69, 9.17) is 5.26 Å². The highest BCUT2D eigenvalue weighted by Crippen LogP contribution is 2.03. The van der Waals surface area contributed by atoms with Crippen LogP contribution in [-0.4, -0.2) is 11.4 Å². The SMILES string of the molecule is CC(C#N)CC(=O)NC(C)(C)C. The zero-order valence-corrected chi connectivity index (χ0v) is 8.14. The van der Waals surface area contributed by atoms with Gasteiger partial charge in [-0.15, -0.1) is 0 Å². The Bertz CT molecular complexity index is 198. The minimum atomic E-state index is -0.202. The molecule has 0 aromatic rings. The average molecular weight is 168 g/mol. The van der Waals surface area contributed by atoms with E-state index in [1.807, 2.05) is 26.8 Å². The van der Waals surface area contributed by atoms with Crippen LogP contribution in [0.15, 0.2) is 0 Å². The van der Waals surface area contributed by atoms with E-state index in [9.17, 15) is 4.79 Å². The Morgan fingerprint density at radius 3 is 2.42 bits per heavy atom. The third-order valence-electron chi connectivity index (χ3n) is 1.23. The van der Waals surface area contributed by atoms with Gasteiger partial charge in [-0.1, -0.05) is 0 Å². The predicted molar refractivity (Wildman–Crippen MR) is 47.3 cm³/mol. The number of hydrogen-bond donors (Lipinski definition) is 1. The van der Waals surface area contributed by atoms with Crippen LogP contribution in [0.4, 0.5) is 0 Å². The second kappa shape index (κ2) is 4.10. The van der Waals surface area contributed by atoms with Gasteiger partial charge in [-0.2, -0.15) is 5.26 Å². The molecule has 0 fully saturated rings. The second-order valence-electron chi connectivity index (χ2n) is 4.03. The van der Waals surface area contributed by atoms with E-state index in [2.05, 4.69) is 5.32 Å². The Balaban J connectivity index is 3.85. The molecule has 0 spiro atoms. The summed E-state index contributed by atoms with van der Waals surface area (Å²) in [6, 6.07) is 2.02. The first-order valence-electron chi connectivity index (χ1n) is 4.06. The zero-order valence-electron chi connectivity index (χ0n) is 8.14. The molecular weight excluding hydrogens is 152 g/mol. The second-order valence-corrected chi connectivity index (χ2v) is 4.03. The maximum atomic E-state index is 11.2. The third-order valence-corrected chi connectivity index (χ3v) is 1.23. The predicted octanol–water partition coefficient (Wildman–Crippen LogP) is 1.45. The first-order valence-corrected chi connectivity index (χ1v) is 4.06. The lowest BCUT2D eigenvalue weighted by Gasteiger charge is -2.20. The Hall–Kier alpha value is -1.04. The maximum Gasteiger partial charge on any atom is 0.221 e. The van der Waals surface area contributed by atoms with Gasteiger partial charge in [0.25, 0.3) is 0 Å². The number of amides is 1. The van der Waals surface area contributed by atoms with E-state index >= 15 is 0 Å². The first-order chi connectivity index (χ1) is 5.35. The summed E-state index contributed by atoms with van der Waals surface area (Å²) in [6.45, 7) is 7.49. The van der Waals surface area contributed by atoms with E-state index in [0.29, 0.717) is 0 Å². The van der Waals surface area contributed by atoms with Gasteiger partial charge in [0, 0.05) is 12.0 Å². The Morgan fingerprint density at radius 1 is 1.58 bits per heavy atom. The van der Waals surface area contributed by atoms with Gasteiger partial charge in [0.05, 0.1) is 12.0 Å². The van der Waals surface area contributed by atoms with Crippen molar-refractivity contribution in [2.24, 2.45) is 5.92 Å². The normalized spacial score (nSPS) is 13.2. The van der Waals surface area contributed by atoms with Crippen LogP contribution in [0.3, 0.4) is 0 Å². The highest BCUT2D eigenvalue weighted by atomic mass is 16.1. The van der Waals surface area contributed by atoms with Crippen molar-refractivity contribution in [1.29, 1.82) is 5.26 Å². The smallest absolute Gasteiger partial charge is 0.221 e. The molecule has 1 amide bonds. The minimum Gasteiger partial charge on any atom is -0.351 e. The van der Waals surface area contributed by atoms with Crippen LogP contribution in [0.25, 0.3) is 0 Å². The van der Waals surface area contributed by atoms with Crippen LogP contribution in [0.2, 0.25) is 0 Å². The molecule has 1 N–H and O–H groups in total. The number of rotatable bonds is 2. The van der Waals surface area contributed by atoms with Crippen molar-refractivity contribution < 1.29 is 4.79 Å². The summed E-state index contributed by atoms with van der Waals surface area (Å²) in [5.74, 6) is -0.260. The van der Waals surface area contributed by atoms with Crippen LogP contribution in [0.1, 0.15) is 34.1 Å². The molecule has 1 atom stereocenters. The summed E-state index contributed by atoms with van der Waals surface area (Å²) in [6.07, 6.45) is 0.285. The highest BCUT2D eigenvalue weighted by Gasteiger charge is 2.15. The molecule has 0 radical (unpaired) electrons. The van der Waals surface area contributed by atoms with Gasteiger partial charge in [0.2, 0.25) is 5.91 Å². The summed E-state index contributed by atoms with van der Waals surface area (Å²) >= 11 is 0. The topological polar surface area (TPSA) is 52.9 Å². The Kier molecular flexibility index (Phi) is 3.75. The molecule has 3 heteroatoms. The standard InChI is InChI=1S/C9H16N2O/c1-7(6-10)5-8(12)11-9(2,3)4/h7H,5H2,1-4H3,(H,11,12). The van der Waals surface area contributed by atoms with E-state index in [1.54, 1.807) is 6.92 Å². The summed E-state index contributed by atoms with van der Waals surface area (Å²) in [7, 11) is 0. The molecule has 0 saturated heterocycles. The summed E-state index contributed by atoms with van der Waals surface area (Å²) < 4.78 is 0. The average Bonchev–Trinajstić information content (AvgIpc) is 1.82. The zero-order chi connectivity index (χ0) is 9.78. The number of nitriles is 1. The Morgan fingerprint density at radius 2 is 2.08 bits per heavy atom. The van der Waals surface area contributed by atoms with Gasteiger partial charge in [-0.25, -0.2) is 0 Å². The van der Waals surface area contributed by atoms with Gasteiger partial charge in [-0.05, 0) is 27.7 Å². The summed E-state index contributed by atoms with van der Waals surface area (Å²) in [5.41, 5.74) is -0.202. The van der Waals surface area contributed by atoms with Gasteiger partial charge < -0.3 is 5.32 Å². The molecule has 12 heavy (non-hydrogen) atoms. The molecule has 1 unspecified atom stereocenters. The molecule has 0 heterocycles. The first kappa shape index (κ1) is 11.0. The minimum absolute atomic E-state index is 0.0587. The quantitative estimate of drug-likeness (QED) is 0.678. The van der Waals surface area contributed by atoms with Gasteiger partial charge in [0.15, 0.2) is 0 Å². The summed E-state index contributed by atoms with van der Waals surface area (Å²) in [5, 5.41) is 11.2. The molecule has 0 aliphatic carbocycles. The summed E-state index contributed by atoms with van der Waals surface area (Å²) in [4.78, 5) is 11.2. The molecular formula is C9H16N2O. The van der Waals surface area contributed by atoms with Gasteiger partial charge in [0.1, 0.15) is 0 Å². The van der Waals surface area contributed by atoms with Gasteiger partial charge >= 0.3 is 0 Å². The van der Waals surface area contributed by atoms with E-state index in [-0.39, 0.29) is 23.8 Å². The molecule has 0 saturated carbocycles. The number of nitrogens with one attached hydrogen (secondary N) is 1. The molecule has 0 aromatic carbocycles. The molecule has 68 valence electrons. The molecule has 3 nitrogen and oxygen atoms in total. The van der Waals surface area contributed by atoms with Crippen molar-refractivity contribution in [2.75, 3.05) is 0 Å². The van der Waals surface area contributed by atoms with Crippen LogP contribution in [0.5, 0.6) is 0 Å².